The van der Waals surface area contributed by atoms with Crippen LogP contribution in [0.15, 0.2) is 66.2 Å². The van der Waals surface area contributed by atoms with Crippen molar-refractivity contribution in [1.82, 2.24) is 9.88 Å². The van der Waals surface area contributed by atoms with Gasteiger partial charge in [0.15, 0.2) is 17.3 Å². The van der Waals surface area contributed by atoms with Gasteiger partial charge in [-0.05, 0) is 41.5 Å². The molecule has 1 unspecified atom stereocenters. The topological polar surface area (TPSA) is 73.4 Å². The summed E-state index contributed by atoms with van der Waals surface area (Å²) < 4.78 is 22.3. The molecular formula is C33H39N3O5. The Morgan fingerprint density at radius 3 is 2.27 bits per heavy atom. The third-order valence-corrected chi connectivity index (χ3v) is 7.75. The van der Waals surface area contributed by atoms with Crippen molar-refractivity contribution in [2.24, 2.45) is 5.41 Å². The van der Waals surface area contributed by atoms with Gasteiger partial charge in [-0.3, -0.25) is 9.69 Å². The Morgan fingerprint density at radius 2 is 1.63 bits per heavy atom. The second kappa shape index (κ2) is 12.3. The highest BCUT2D eigenvalue weighted by atomic mass is 16.5. The Hall–Kier alpha value is -3.88. The summed E-state index contributed by atoms with van der Waals surface area (Å²) in [4.78, 5) is 23.6. The first-order chi connectivity index (χ1) is 19.8. The molecule has 0 aliphatic carbocycles. The van der Waals surface area contributed by atoms with Crippen LogP contribution in [0.3, 0.4) is 0 Å². The highest BCUT2D eigenvalue weighted by Gasteiger charge is 2.44. The fourth-order valence-corrected chi connectivity index (χ4v) is 5.81. The molecule has 0 saturated carbocycles. The lowest BCUT2D eigenvalue weighted by Crippen LogP contribution is -2.49. The van der Waals surface area contributed by atoms with Crippen molar-refractivity contribution in [1.29, 1.82) is 0 Å². The number of ketones is 1. The number of hydrogen-bond acceptors (Lipinski definition) is 8. The number of Topliss-reactive ketones (excluding diaryl/α,β-unsaturated/α-hetero) is 1. The number of morpholine rings is 1. The van der Waals surface area contributed by atoms with Crippen LogP contribution in [0.25, 0.3) is 6.08 Å². The SMILES string of the molecule is COc1cc(CN2CC(C)(C)C(=O)/C(=C\c3cccc(N4CCOCC4)n3)C2c2ccccc2)cc(OC)c1OC. The predicted molar refractivity (Wildman–Crippen MR) is 160 cm³/mol. The summed E-state index contributed by atoms with van der Waals surface area (Å²) in [6.07, 6.45) is 1.98. The Bertz CT molecular complexity index is 1370. The van der Waals surface area contributed by atoms with Crippen LogP contribution in [-0.2, 0) is 16.1 Å². The average Bonchev–Trinajstić information content (AvgIpc) is 3.00. The van der Waals surface area contributed by atoms with Gasteiger partial charge < -0.3 is 23.8 Å². The Labute approximate surface area is 242 Å². The van der Waals surface area contributed by atoms with Gasteiger partial charge in [-0.2, -0.15) is 0 Å². The fraction of sp³-hybridized carbons (Fsp3) is 0.394. The number of pyridine rings is 1. The van der Waals surface area contributed by atoms with E-state index >= 15 is 0 Å². The zero-order valence-electron chi connectivity index (χ0n) is 24.6. The van der Waals surface area contributed by atoms with Gasteiger partial charge in [0, 0.05) is 37.2 Å². The molecule has 2 aliphatic heterocycles. The van der Waals surface area contributed by atoms with Crippen LogP contribution in [0.1, 0.15) is 36.7 Å². The van der Waals surface area contributed by atoms with Crippen molar-refractivity contribution >= 4 is 17.7 Å². The monoisotopic (exact) mass is 557 g/mol. The van der Waals surface area contributed by atoms with Gasteiger partial charge >= 0.3 is 0 Å². The van der Waals surface area contributed by atoms with Crippen molar-refractivity contribution in [2.75, 3.05) is 59.1 Å². The summed E-state index contributed by atoms with van der Waals surface area (Å²) in [5.41, 5.74) is 2.95. The van der Waals surface area contributed by atoms with Gasteiger partial charge in [0.25, 0.3) is 0 Å². The predicted octanol–water partition coefficient (Wildman–Crippen LogP) is 5.18. The van der Waals surface area contributed by atoms with E-state index in [2.05, 4.69) is 21.9 Å². The molecule has 2 fully saturated rings. The number of anilines is 1. The third-order valence-electron chi connectivity index (χ3n) is 7.75. The summed E-state index contributed by atoms with van der Waals surface area (Å²) in [7, 11) is 4.84. The van der Waals surface area contributed by atoms with E-state index in [1.54, 1.807) is 21.3 Å². The first kappa shape index (κ1) is 28.6. The number of carbonyl (C=O) groups is 1. The van der Waals surface area contributed by atoms with E-state index in [0.717, 1.165) is 41.3 Å². The van der Waals surface area contributed by atoms with Crippen LogP contribution < -0.4 is 19.1 Å². The number of rotatable bonds is 8. The van der Waals surface area contributed by atoms with Gasteiger partial charge in [0.1, 0.15) is 5.82 Å². The van der Waals surface area contributed by atoms with Crippen LogP contribution in [0, 0.1) is 5.41 Å². The van der Waals surface area contributed by atoms with Crippen LogP contribution >= 0.6 is 0 Å². The molecule has 0 N–H and O–H groups in total. The van der Waals surface area contributed by atoms with E-state index in [0.29, 0.717) is 43.6 Å². The van der Waals surface area contributed by atoms with E-state index in [-0.39, 0.29) is 11.8 Å². The molecule has 2 aliphatic rings. The minimum atomic E-state index is -0.598. The van der Waals surface area contributed by atoms with Gasteiger partial charge in [-0.25, -0.2) is 4.98 Å². The highest BCUT2D eigenvalue weighted by Crippen LogP contribution is 2.44. The lowest BCUT2D eigenvalue weighted by molar-refractivity contribution is -0.128. The van der Waals surface area contributed by atoms with Gasteiger partial charge in [-0.15, -0.1) is 0 Å². The molecule has 216 valence electrons. The summed E-state index contributed by atoms with van der Waals surface area (Å²) in [6.45, 7) is 8.17. The molecule has 2 aromatic carbocycles. The minimum absolute atomic E-state index is 0.131. The summed E-state index contributed by atoms with van der Waals surface area (Å²) >= 11 is 0. The Kier molecular flexibility index (Phi) is 8.61. The zero-order chi connectivity index (χ0) is 29.0. The van der Waals surface area contributed by atoms with Crippen LogP contribution in [-0.4, -0.2) is 69.8 Å². The standard InChI is InChI=1S/C33H39N3O5/c1-33(2)22-36(21-23-18-27(38-3)31(40-5)28(19-23)39-4)30(24-10-7-6-8-11-24)26(32(33)37)20-25-12-9-13-29(34-25)35-14-16-41-17-15-35/h6-13,18-20,30H,14-17,21-22H2,1-5H3/b26-20-. The molecule has 0 radical (unpaired) electrons. The molecule has 8 nitrogen and oxygen atoms in total. The number of piperidine rings is 1. The van der Waals surface area contributed by atoms with Gasteiger partial charge in [-0.1, -0.05) is 50.2 Å². The Morgan fingerprint density at radius 1 is 0.951 bits per heavy atom. The van der Waals surface area contributed by atoms with E-state index in [4.69, 9.17) is 23.9 Å². The van der Waals surface area contributed by atoms with Crippen molar-refractivity contribution in [3.63, 3.8) is 0 Å². The molecule has 1 atom stereocenters. The second-order valence-electron chi connectivity index (χ2n) is 11.1. The number of benzene rings is 2. The summed E-state index contributed by atoms with van der Waals surface area (Å²) in [6, 6.07) is 19.9. The number of hydrogen-bond donors (Lipinski definition) is 0. The molecule has 5 rings (SSSR count). The summed E-state index contributed by atoms with van der Waals surface area (Å²) in [5.74, 6) is 2.79. The van der Waals surface area contributed by atoms with Gasteiger partial charge in [0.2, 0.25) is 5.75 Å². The molecule has 3 heterocycles. The average molecular weight is 558 g/mol. The smallest absolute Gasteiger partial charge is 0.203 e. The van der Waals surface area contributed by atoms with E-state index in [1.807, 2.05) is 68.5 Å². The number of carbonyl (C=O) groups excluding carboxylic acids is 1. The largest absolute Gasteiger partial charge is 0.493 e. The highest BCUT2D eigenvalue weighted by molar-refractivity contribution is 6.05. The third kappa shape index (κ3) is 6.09. The molecule has 41 heavy (non-hydrogen) atoms. The van der Waals surface area contributed by atoms with E-state index in [9.17, 15) is 4.79 Å². The summed E-state index contributed by atoms with van der Waals surface area (Å²) in [5, 5.41) is 0. The molecule has 1 aromatic heterocycles. The van der Waals surface area contributed by atoms with Crippen LogP contribution in [0.4, 0.5) is 5.82 Å². The molecule has 2 saturated heterocycles. The van der Waals surface area contributed by atoms with Crippen molar-refractivity contribution in [3.05, 3.63) is 83.1 Å². The molecular weight excluding hydrogens is 518 g/mol. The lowest BCUT2D eigenvalue weighted by Gasteiger charge is -2.44. The van der Waals surface area contributed by atoms with Crippen LogP contribution in [0.5, 0.6) is 17.2 Å². The minimum Gasteiger partial charge on any atom is -0.493 e. The second-order valence-corrected chi connectivity index (χ2v) is 11.1. The zero-order valence-corrected chi connectivity index (χ0v) is 24.6. The first-order valence-corrected chi connectivity index (χ1v) is 14.0. The number of aromatic nitrogens is 1. The number of methoxy groups -OCH3 is 3. The molecule has 0 bridgehead atoms. The first-order valence-electron chi connectivity index (χ1n) is 14.0. The number of ether oxygens (including phenoxy) is 4. The van der Waals surface area contributed by atoms with Crippen molar-refractivity contribution in [3.8, 4) is 17.2 Å². The maximum atomic E-state index is 14.1. The van der Waals surface area contributed by atoms with Gasteiger partial charge in [0.05, 0.1) is 46.3 Å². The lowest BCUT2D eigenvalue weighted by atomic mass is 9.74. The van der Waals surface area contributed by atoms with E-state index < -0.39 is 5.41 Å². The molecule has 0 amide bonds. The normalized spacial score (nSPS) is 20.2. The quantitative estimate of drug-likeness (QED) is 0.351. The Balaban J connectivity index is 1.58. The van der Waals surface area contributed by atoms with Crippen molar-refractivity contribution in [2.45, 2.75) is 26.4 Å². The van der Waals surface area contributed by atoms with E-state index in [1.165, 1.54) is 0 Å². The number of likely N-dealkylation sites (tertiary alicyclic amines) is 1. The maximum absolute atomic E-state index is 14.1. The fourth-order valence-electron chi connectivity index (χ4n) is 5.81. The molecule has 8 heteroatoms. The molecule has 0 spiro atoms. The maximum Gasteiger partial charge on any atom is 0.203 e. The van der Waals surface area contributed by atoms with Crippen LogP contribution in [0.2, 0.25) is 0 Å². The number of nitrogens with zero attached hydrogens (tertiary/aromatic N) is 3. The van der Waals surface area contributed by atoms with Crippen molar-refractivity contribution < 1.29 is 23.7 Å². The molecule has 3 aromatic rings.